The smallest absolute Gasteiger partial charge is 0.155 e. The molecule has 13 heteroatoms. The van der Waals surface area contributed by atoms with Crippen molar-refractivity contribution in [3.8, 4) is 0 Å². The van der Waals surface area contributed by atoms with Crippen LogP contribution in [0.1, 0.15) is 13.8 Å². The van der Waals surface area contributed by atoms with Crippen LogP contribution in [0.25, 0.3) is 0 Å². The third kappa shape index (κ3) is 6.21. The minimum absolute atomic E-state index is 0.0765. The predicted octanol–water partition coefficient (Wildman–Crippen LogP) is -1.62. The van der Waals surface area contributed by atoms with Gasteiger partial charge in [-0.2, -0.15) is 0 Å². The van der Waals surface area contributed by atoms with Gasteiger partial charge in [-0.05, 0) is 13.8 Å². The van der Waals surface area contributed by atoms with Gasteiger partial charge in [0.1, 0.15) is 35.6 Å². The molecule has 6 unspecified atom stereocenters. The lowest BCUT2D eigenvalue weighted by molar-refractivity contribution is -0.0848. The number of aliphatic hydroxyl groups excluding tert-OH is 1. The van der Waals surface area contributed by atoms with Crippen LogP contribution in [0.4, 0.5) is 0 Å². The van der Waals surface area contributed by atoms with E-state index >= 15 is 0 Å². The highest BCUT2D eigenvalue weighted by Gasteiger charge is 2.49. The fourth-order valence-electron chi connectivity index (χ4n) is 3.12. The van der Waals surface area contributed by atoms with Gasteiger partial charge >= 0.3 is 0 Å². The first-order chi connectivity index (χ1) is 13.3. The van der Waals surface area contributed by atoms with Crippen LogP contribution in [0.15, 0.2) is 0 Å². The number of rotatable bonds is 12. The molecule has 9 atom stereocenters. The maximum atomic E-state index is 10.3. The average Bonchev–Trinajstić information content (AvgIpc) is 3.14. The van der Waals surface area contributed by atoms with Gasteiger partial charge in [0.05, 0.1) is 33.0 Å². The Morgan fingerprint density at radius 3 is 2.54 bits per heavy atom. The normalized spacial score (nSPS) is 40.4. The summed E-state index contributed by atoms with van der Waals surface area (Å²) in [6.45, 7) is 4.13. The molecule has 2 fully saturated rings. The van der Waals surface area contributed by atoms with Crippen molar-refractivity contribution in [3.63, 3.8) is 0 Å². The van der Waals surface area contributed by atoms with Gasteiger partial charge < -0.3 is 54.4 Å². The molecule has 11 nitrogen and oxygen atoms in total. The molecule has 166 valence electrons. The van der Waals surface area contributed by atoms with Crippen LogP contribution < -0.4 is 11.5 Å². The van der Waals surface area contributed by atoms with Gasteiger partial charge in [0.15, 0.2) is 18.1 Å². The Bertz CT molecular complexity index is 479. The zero-order valence-electron chi connectivity index (χ0n) is 16.1. The molecule has 0 amide bonds. The third-order valence-electron chi connectivity index (χ3n) is 4.83. The van der Waals surface area contributed by atoms with Crippen LogP contribution in [-0.4, -0.2) is 96.3 Å². The fourth-order valence-corrected chi connectivity index (χ4v) is 4.44. The van der Waals surface area contributed by atoms with Crippen molar-refractivity contribution >= 4 is 18.1 Å². The highest BCUT2D eigenvalue weighted by molar-refractivity contribution is 7.26. The molecule has 2 heterocycles. The van der Waals surface area contributed by atoms with Crippen LogP contribution >= 0.6 is 18.1 Å². The van der Waals surface area contributed by atoms with E-state index in [1.54, 1.807) is 6.92 Å². The van der Waals surface area contributed by atoms with Crippen LogP contribution in [0, 0.1) is 0 Å². The maximum absolute atomic E-state index is 10.3. The Labute approximate surface area is 168 Å². The first-order valence-electron chi connectivity index (χ1n) is 9.00. The van der Waals surface area contributed by atoms with Crippen LogP contribution in [-0.2, 0) is 27.8 Å². The van der Waals surface area contributed by atoms with Gasteiger partial charge in [0.25, 0.3) is 0 Å². The second kappa shape index (κ2) is 11.2. The lowest BCUT2D eigenvalue weighted by atomic mass is 9.99. The molecule has 2 aliphatic rings. The lowest BCUT2D eigenvalue weighted by Gasteiger charge is -2.32. The van der Waals surface area contributed by atoms with Crippen LogP contribution in [0.3, 0.4) is 0 Å². The molecule has 0 saturated carbocycles. The second-order valence-electron chi connectivity index (χ2n) is 7.42. The molecule has 0 radical (unpaired) electrons. The van der Waals surface area contributed by atoms with E-state index < -0.39 is 53.7 Å². The van der Waals surface area contributed by atoms with Gasteiger partial charge in [-0.3, -0.25) is 0 Å². The summed E-state index contributed by atoms with van der Waals surface area (Å²) in [5.74, 6) is 0. The summed E-state index contributed by atoms with van der Waals surface area (Å²) in [6.07, 6.45) is -2.35. The van der Waals surface area contributed by atoms with Crippen molar-refractivity contribution in [2.24, 2.45) is 11.5 Å². The predicted molar refractivity (Wildman–Crippen MR) is 103 cm³/mol. The Morgan fingerprint density at radius 2 is 1.89 bits per heavy atom. The zero-order valence-corrected chi connectivity index (χ0v) is 18.1. The molecule has 0 aliphatic carbocycles. The molecule has 0 aromatic carbocycles. The second-order valence-corrected chi connectivity index (χ2v) is 8.53. The zero-order chi connectivity index (χ0) is 20.8. The SMILES string of the molecule is CC1(OCC(N)CN)CO[C@H](COPOC2[C@@H](CO)OC[C@]2(C)O)C1OPO. The Morgan fingerprint density at radius 1 is 1.18 bits per heavy atom. The number of ether oxygens (including phenoxy) is 3. The molecule has 2 saturated heterocycles. The van der Waals surface area contributed by atoms with Gasteiger partial charge in [0.2, 0.25) is 0 Å². The van der Waals surface area contributed by atoms with Gasteiger partial charge in [-0.25, -0.2) is 0 Å². The molecular weight excluding hydrogens is 414 g/mol. The summed E-state index contributed by atoms with van der Waals surface area (Å²) in [6, 6.07) is -0.305. The highest BCUT2D eigenvalue weighted by Crippen LogP contribution is 2.37. The lowest BCUT2D eigenvalue weighted by Crippen LogP contribution is -2.48. The quantitative estimate of drug-likeness (QED) is 0.173. The van der Waals surface area contributed by atoms with Gasteiger partial charge in [-0.1, -0.05) is 0 Å². The van der Waals surface area contributed by atoms with E-state index in [2.05, 4.69) is 0 Å². The molecule has 2 aliphatic heterocycles. The van der Waals surface area contributed by atoms with E-state index in [9.17, 15) is 15.1 Å². The Kier molecular flexibility index (Phi) is 9.84. The minimum Gasteiger partial charge on any atom is -0.394 e. The monoisotopic (exact) mass is 446 g/mol. The molecule has 0 spiro atoms. The van der Waals surface area contributed by atoms with Crippen molar-refractivity contribution in [2.45, 2.75) is 55.5 Å². The van der Waals surface area contributed by atoms with E-state index in [1.807, 2.05) is 6.92 Å². The maximum Gasteiger partial charge on any atom is 0.155 e. The summed E-state index contributed by atoms with van der Waals surface area (Å²) in [5.41, 5.74) is 9.31. The molecule has 7 N–H and O–H groups in total. The molecule has 0 bridgehead atoms. The number of hydrogen-bond acceptors (Lipinski definition) is 11. The van der Waals surface area contributed by atoms with E-state index in [1.165, 1.54) is 0 Å². The fraction of sp³-hybridized carbons (Fsp3) is 1.00. The first kappa shape index (κ1) is 24.7. The first-order valence-corrected chi connectivity index (χ1v) is 10.7. The van der Waals surface area contributed by atoms with Crippen LogP contribution in [0.5, 0.6) is 0 Å². The van der Waals surface area contributed by atoms with Gasteiger partial charge in [0, 0.05) is 12.6 Å². The third-order valence-corrected chi connectivity index (χ3v) is 5.83. The van der Waals surface area contributed by atoms with Crippen molar-refractivity contribution in [1.29, 1.82) is 0 Å². The van der Waals surface area contributed by atoms with Gasteiger partial charge in [-0.15, -0.1) is 0 Å². The molecule has 28 heavy (non-hydrogen) atoms. The molecule has 2 rings (SSSR count). The molecule has 0 aromatic rings. The summed E-state index contributed by atoms with van der Waals surface area (Å²) in [4.78, 5) is 9.25. The van der Waals surface area contributed by atoms with Crippen LogP contribution in [0.2, 0.25) is 0 Å². The van der Waals surface area contributed by atoms with Crippen molar-refractivity contribution in [2.75, 3.05) is 39.6 Å². The van der Waals surface area contributed by atoms with E-state index in [0.29, 0.717) is 6.54 Å². The minimum atomic E-state index is -1.20. The number of hydrogen-bond donors (Lipinski definition) is 5. The standard InChI is InChI=1S/C15H32N2O9P2/c1-14(19)7-21-10(4-18)12(14)26-28-24-6-11-13(25-27-20)15(2,8-22-11)23-5-9(17)3-16/h9-13,18-20,27-28H,3-8,16-17H2,1-2H3/t9?,10-,11-,12?,13?,14+,15?/m1/s1. The Hall–Kier alpha value is 0.420. The summed E-state index contributed by atoms with van der Waals surface area (Å²) in [7, 11) is -1.14. The summed E-state index contributed by atoms with van der Waals surface area (Å²) in [5, 5.41) is 19.6. The topological polar surface area (TPSA) is 168 Å². The van der Waals surface area contributed by atoms with E-state index in [0.717, 1.165) is 0 Å². The van der Waals surface area contributed by atoms with Crippen molar-refractivity contribution < 1.29 is 42.9 Å². The Balaban J connectivity index is 1.82. The molecular formula is C15H32N2O9P2. The molecule has 0 aromatic heterocycles. The summed E-state index contributed by atoms with van der Waals surface area (Å²) < 4.78 is 33.5. The van der Waals surface area contributed by atoms with E-state index in [-0.39, 0.29) is 39.1 Å². The van der Waals surface area contributed by atoms with E-state index in [4.69, 9.17) is 39.2 Å². The number of aliphatic hydroxyl groups is 2. The van der Waals surface area contributed by atoms with Crippen molar-refractivity contribution in [3.05, 3.63) is 0 Å². The summed E-state index contributed by atoms with van der Waals surface area (Å²) >= 11 is 0. The number of nitrogens with two attached hydrogens (primary N) is 2. The highest BCUT2D eigenvalue weighted by atomic mass is 31.1. The van der Waals surface area contributed by atoms with Crippen molar-refractivity contribution in [1.82, 2.24) is 0 Å². The average molecular weight is 446 g/mol. The largest absolute Gasteiger partial charge is 0.394 e.